The molecule has 0 aliphatic rings. The van der Waals surface area contributed by atoms with Gasteiger partial charge in [-0.05, 0) is 28.7 Å². The van der Waals surface area contributed by atoms with Gasteiger partial charge in [-0.25, -0.2) is 9.78 Å². The molecular weight excluding hydrogens is 403 g/mol. The fourth-order valence-corrected chi connectivity index (χ4v) is 3.43. The van der Waals surface area contributed by atoms with Crippen molar-refractivity contribution in [3.05, 3.63) is 34.7 Å². The molecule has 0 saturated carbocycles. The van der Waals surface area contributed by atoms with E-state index < -0.39 is 5.97 Å². The number of thiophene rings is 1. The van der Waals surface area contributed by atoms with Gasteiger partial charge >= 0.3 is 5.97 Å². The van der Waals surface area contributed by atoms with Crippen LogP contribution in [0.2, 0.25) is 5.02 Å². The maximum Gasteiger partial charge on any atom is 0.348 e. The van der Waals surface area contributed by atoms with Crippen LogP contribution in [0.3, 0.4) is 0 Å². The number of esters is 1. The summed E-state index contributed by atoms with van der Waals surface area (Å²) < 4.78 is 12.1. The molecule has 1 atom stereocenters. The largest absolute Gasteiger partial charge is 0.467 e. The minimum Gasteiger partial charge on any atom is -0.467 e. The molecule has 0 N–H and O–H groups in total. The van der Waals surface area contributed by atoms with Crippen molar-refractivity contribution in [3.63, 3.8) is 0 Å². The normalized spacial score (nSPS) is 12.2. The van der Waals surface area contributed by atoms with Gasteiger partial charge in [-0.3, -0.25) is 0 Å². The molecule has 0 amide bonds. The van der Waals surface area contributed by atoms with Crippen LogP contribution in [0.15, 0.2) is 24.8 Å². The van der Waals surface area contributed by atoms with Crippen molar-refractivity contribution in [3.8, 4) is 5.06 Å². The van der Waals surface area contributed by atoms with Crippen LogP contribution < -0.4 is 4.74 Å². The first-order valence-corrected chi connectivity index (χ1v) is 7.68. The molecule has 0 radical (unpaired) electrons. The van der Waals surface area contributed by atoms with Crippen LogP contribution in [0.1, 0.15) is 9.67 Å². The quantitative estimate of drug-likeness (QED) is 0.430. The zero-order valence-corrected chi connectivity index (χ0v) is 13.6. The highest BCUT2D eigenvalue weighted by molar-refractivity contribution is 14.1. The number of alkyl halides is 1. The molecule has 19 heavy (non-hydrogen) atoms. The molecule has 2 aromatic heterocycles. The van der Waals surface area contributed by atoms with Crippen molar-refractivity contribution < 1.29 is 14.3 Å². The van der Waals surface area contributed by atoms with Crippen molar-refractivity contribution in [1.29, 1.82) is 0 Å². The van der Waals surface area contributed by atoms with E-state index in [1.807, 2.05) is 10.8 Å². The third kappa shape index (κ3) is 3.83. The van der Waals surface area contributed by atoms with Gasteiger partial charge in [-0.2, -0.15) is 0 Å². The van der Waals surface area contributed by atoms with Crippen LogP contribution >= 0.6 is 45.5 Å². The molecule has 0 aromatic carbocycles. The second-order valence-corrected chi connectivity index (χ2v) is 6.34. The Morgan fingerprint density at radius 1 is 1.68 bits per heavy atom. The maximum atomic E-state index is 11.4. The first-order chi connectivity index (χ1) is 9.10. The van der Waals surface area contributed by atoms with E-state index in [0.717, 1.165) is 0 Å². The lowest BCUT2D eigenvalue weighted by atomic mass is 10.5. The first kappa shape index (κ1) is 14.6. The van der Waals surface area contributed by atoms with Crippen molar-refractivity contribution in [2.75, 3.05) is 7.11 Å². The topological polar surface area (TPSA) is 53.4 Å². The van der Waals surface area contributed by atoms with Crippen molar-refractivity contribution >= 4 is 51.5 Å². The van der Waals surface area contributed by atoms with Crippen LogP contribution in [-0.4, -0.2) is 26.7 Å². The summed E-state index contributed by atoms with van der Waals surface area (Å²) in [5.41, 5.74) is 0. The van der Waals surface area contributed by atoms with Gasteiger partial charge in [0.2, 0.25) is 0 Å². The number of halogens is 2. The second kappa shape index (κ2) is 6.58. The number of ether oxygens (including phenoxy) is 2. The fourth-order valence-electron chi connectivity index (χ4n) is 1.35. The highest BCUT2D eigenvalue weighted by atomic mass is 127. The van der Waals surface area contributed by atoms with Gasteiger partial charge in [0.15, 0.2) is 9.17 Å². The van der Waals surface area contributed by atoms with Gasteiger partial charge in [0, 0.05) is 12.4 Å². The van der Waals surface area contributed by atoms with E-state index in [1.54, 1.807) is 18.6 Å². The molecule has 0 aliphatic heterocycles. The van der Waals surface area contributed by atoms with Gasteiger partial charge in [0.25, 0.3) is 0 Å². The van der Waals surface area contributed by atoms with Crippen LogP contribution in [0.4, 0.5) is 0 Å². The Bertz CT molecular complexity index is 558. The fraction of sp³-hybridized carbons (Fsp3) is 0.273. The number of aromatic nitrogens is 2. The van der Waals surface area contributed by atoms with E-state index in [1.165, 1.54) is 18.4 Å². The minimum absolute atomic E-state index is 0.117. The van der Waals surface area contributed by atoms with Gasteiger partial charge in [-0.15, -0.1) is 0 Å². The molecule has 0 saturated heterocycles. The SMILES string of the molecule is COC(=O)c1cc(Cl)c(OC(I)Cn2ccnc2)s1. The van der Waals surface area contributed by atoms with Crippen LogP contribution in [0, 0.1) is 0 Å². The molecular formula is C11H10ClIN2O3S. The van der Waals surface area contributed by atoms with Crippen LogP contribution in [-0.2, 0) is 11.3 Å². The first-order valence-electron chi connectivity index (χ1n) is 5.24. The van der Waals surface area contributed by atoms with E-state index in [-0.39, 0.29) is 4.11 Å². The molecule has 0 bridgehead atoms. The Labute approximate surface area is 132 Å². The van der Waals surface area contributed by atoms with Crippen LogP contribution in [0.5, 0.6) is 5.06 Å². The average Bonchev–Trinajstić information content (AvgIpc) is 2.99. The lowest BCUT2D eigenvalue weighted by molar-refractivity contribution is 0.0606. The average molecular weight is 413 g/mol. The molecule has 0 spiro atoms. The summed E-state index contributed by atoms with van der Waals surface area (Å²) in [6, 6.07) is 1.55. The van der Waals surface area contributed by atoms with E-state index in [9.17, 15) is 4.79 Å². The lowest BCUT2D eigenvalue weighted by Crippen LogP contribution is -2.14. The molecule has 0 aliphatic carbocycles. The van der Waals surface area contributed by atoms with E-state index in [0.29, 0.717) is 21.5 Å². The second-order valence-electron chi connectivity index (χ2n) is 3.53. The number of methoxy groups -OCH3 is 1. The number of hydrogen-bond acceptors (Lipinski definition) is 5. The number of hydrogen-bond donors (Lipinski definition) is 0. The zero-order chi connectivity index (χ0) is 13.8. The van der Waals surface area contributed by atoms with Gasteiger partial charge in [0.1, 0.15) is 4.88 Å². The number of nitrogens with zero attached hydrogens (tertiary/aromatic N) is 2. The number of carbonyl (C=O) groups is 1. The summed E-state index contributed by atoms with van der Waals surface area (Å²) in [7, 11) is 1.33. The van der Waals surface area contributed by atoms with Gasteiger partial charge in [-0.1, -0.05) is 22.9 Å². The van der Waals surface area contributed by atoms with Crippen molar-refractivity contribution in [2.24, 2.45) is 0 Å². The van der Waals surface area contributed by atoms with E-state index in [2.05, 4.69) is 32.3 Å². The predicted octanol–water partition coefficient (Wildman–Crippen LogP) is 3.22. The third-order valence-corrected chi connectivity index (χ3v) is 4.24. The molecule has 2 rings (SSSR count). The Morgan fingerprint density at radius 2 is 2.47 bits per heavy atom. The molecule has 2 aromatic rings. The predicted molar refractivity (Wildman–Crippen MR) is 81.3 cm³/mol. The Hall–Kier alpha value is -0.800. The van der Waals surface area contributed by atoms with Gasteiger partial charge < -0.3 is 14.0 Å². The molecule has 1 unspecified atom stereocenters. The minimum atomic E-state index is -0.415. The van der Waals surface area contributed by atoms with E-state index >= 15 is 0 Å². The monoisotopic (exact) mass is 412 g/mol. The summed E-state index contributed by atoms with van der Waals surface area (Å²) in [6.45, 7) is 0.641. The Morgan fingerprint density at radius 3 is 3.11 bits per heavy atom. The number of carbonyl (C=O) groups excluding carboxylic acids is 1. The summed E-state index contributed by atoms with van der Waals surface area (Å²) in [4.78, 5) is 15.8. The summed E-state index contributed by atoms with van der Waals surface area (Å²) in [5.74, 6) is -0.415. The maximum absolute atomic E-state index is 11.4. The van der Waals surface area contributed by atoms with Gasteiger partial charge in [0.05, 0.1) is 25.0 Å². The van der Waals surface area contributed by atoms with Crippen LogP contribution in [0.25, 0.3) is 0 Å². The number of imidazole rings is 1. The highest BCUT2D eigenvalue weighted by Crippen LogP contribution is 2.36. The third-order valence-electron chi connectivity index (χ3n) is 2.19. The standard InChI is InChI=1S/C11H10ClIN2O3S/c1-17-10(16)8-4-7(12)11(19-8)18-9(13)5-15-3-2-14-6-15/h2-4,6,9H,5H2,1H3. The smallest absolute Gasteiger partial charge is 0.348 e. The summed E-state index contributed by atoms with van der Waals surface area (Å²) in [6.07, 6.45) is 5.27. The molecule has 102 valence electrons. The Kier molecular flexibility index (Phi) is 5.06. The molecule has 5 nitrogen and oxygen atoms in total. The number of rotatable bonds is 5. The molecule has 8 heteroatoms. The summed E-state index contributed by atoms with van der Waals surface area (Å²) in [5, 5.41) is 0.930. The molecule has 0 fully saturated rings. The Balaban J connectivity index is 2.02. The van der Waals surface area contributed by atoms with Crippen molar-refractivity contribution in [2.45, 2.75) is 10.7 Å². The lowest BCUT2D eigenvalue weighted by Gasteiger charge is -2.12. The van der Waals surface area contributed by atoms with E-state index in [4.69, 9.17) is 16.3 Å². The zero-order valence-electron chi connectivity index (χ0n) is 9.88. The van der Waals surface area contributed by atoms with Crippen molar-refractivity contribution in [1.82, 2.24) is 9.55 Å². The molecule has 2 heterocycles. The summed E-state index contributed by atoms with van der Waals surface area (Å²) >= 11 is 9.36. The highest BCUT2D eigenvalue weighted by Gasteiger charge is 2.17.